The van der Waals surface area contributed by atoms with Gasteiger partial charge in [0, 0.05) is 12.2 Å². The minimum atomic E-state index is 0.405. The normalized spacial score (nSPS) is 11.4. The third-order valence-corrected chi connectivity index (χ3v) is 3.55. The zero-order valence-electron chi connectivity index (χ0n) is 15.2. The van der Waals surface area contributed by atoms with Crippen LogP contribution < -0.4 is 20.5 Å². The Labute approximate surface area is 149 Å². The molecule has 0 heterocycles. The van der Waals surface area contributed by atoms with Crippen molar-refractivity contribution in [1.29, 1.82) is 0 Å². The number of nitrogens with zero attached hydrogens (tertiary/aromatic N) is 1. The molecule has 5 heteroatoms. The van der Waals surface area contributed by atoms with Crippen molar-refractivity contribution in [2.45, 2.75) is 20.3 Å². The van der Waals surface area contributed by atoms with E-state index in [2.05, 4.69) is 36.3 Å². The summed E-state index contributed by atoms with van der Waals surface area (Å²) in [6.07, 6.45) is 0.829. The van der Waals surface area contributed by atoms with Crippen LogP contribution in [0.15, 0.2) is 53.5 Å². The molecule has 3 N–H and O–H groups in total. The summed E-state index contributed by atoms with van der Waals surface area (Å²) in [7, 11) is 1.64. The number of ether oxygens (including phenoxy) is 2. The summed E-state index contributed by atoms with van der Waals surface area (Å²) in [5.41, 5.74) is 8.01. The molecular weight excluding hydrogens is 314 g/mol. The maximum Gasteiger partial charge on any atom is 0.193 e. The number of hydrogen-bond acceptors (Lipinski definition) is 3. The maximum atomic E-state index is 5.92. The number of nitrogens with one attached hydrogen (secondary N) is 1. The van der Waals surface area contributed by atoms with Gasteiger partial charge in [0.25, 0.3) is 0 Å². The van der Waals surface area contributed by atoms with E-state index in [9.17, 15) is 0 Å². The standard InChI is InChI=1S/C20H27N3O2/c1-15(2)14-25-19-8-4-16(5-9-19)12-13-22-20(21)23-17-6-10-18(24-3)11-7-17/h4-11,15H,12-14H2,1-3H3,(H3,21,22,23). The molecule has 0 unspecified atom stereocenters. The lowest BCUT2D eigenvalue weighted by atomic mass is 10.1. The molecule has 0 amide bonds. The van der Waals surface area contributed by atoms with Crippen molar-refractivity contribution in [3.63, 3.8) is 0 Å². The molecule has 0 spiro atoms. The molecule has 0 aliphatic heterocycles. The van der Waals surface area contributed by atoms with Gasteiger partial charge in [-0.05, 0) is 54.3 Å². The van der Waals surface area contributed by atoms with Gasteiger partial charge in [0.1, 0.15) is 11.5 Å². The minimum absolute atomic E-state index is 0.405. The molecule has 0 aromatic heterocycles. The van der Waals surface area contributed by atoms with Gasteiger partial charge >= 0.3 is 0 Å². The molecule has 5 nitrogen and oxygen atoms in total. The van der Waals surface area contributed by atoms with Crippen molar-refractivity contribution in [3.8, 4) is 11.5 Å². The van der Waals surface area contributed by atoms with E-state index < -0.39 is 0 Å². The van der Waals surface area contributed by atoms with Gasteiger partial charge < -0.3 is 20.5 Å². The number of hydrogen-bond donors (Lipinski definition) is 2. The number of methoxy groups -OCH3 is 1. The fraction of sp³-hybridized carbons (Fsp3) is 0.350. The Morgan fingerprint density at radius 2 is 1.68 bits per heavy atom. The predicted octanol–water partition coefficient (Wildman–Crippen LogP) is 3.70. The molecule has 2 rings (SSSR count). The van der Waals surface area contributed by atoms with Crippen LogP contribution in [0, 0.1) is 5.92 Å². The van der Waals surface area contributed by atoms with Gasteiger partial charge in [-0.15, -0.1) is 0 Å². The quantitative estimate of drug-likeness (QED) is 0.567. The van der Waals surface area contributed by atoms with E-state index in [0.29, 0.717) is 18.4 Å². The number of benzene rings is 2. The highest BCUT2D eigenvalue weighted by molar-refractivity contribution is 5.92. The van der Waals surface area contributed by atoms with Gasteiger partial charge in [0.05, 0.1) is 13.7 Å². The van der Waals surface area contributed by atoms with Crippen LogP contribution in [0.1, 0.15) is 19.4 Å². The molecule has 0 saturated carbocycles. The smallest absolute Gasteiger partial charge is 0.193 e. The molecular formula is C20H27N3O2. The van der Waals surface area contributed by atoms with E-state index in [1.54, 1.807) is 7.11 Å². The fourth-order valence-corrected chi connectivity index (χ4v) is 2.18. The first kappa shape index (κ1) is 18.6. The van der Waals surface area contributed by atoms with Crippen LogP contribution >= 0.6 is 0 Å². The summed E-state index contributed by atoms with van der Waals surface area (Å²) in [5.74, 6) is 2.64. The Kier molecular flexibility index (Phi) is 7.14. The summed E-state index contributed by atoms with van der Waals surface area (Å²) in [5, 5.41) is 3.07. The molecule has 0 fully saturated rings. The Hall–Kier alpha value is -2.69. The van der Waals surface area contributed by atoms with Crippen molar-refractivity contribution in [3.05, 3.63) is 54.1 Å². The van der Waals surface area contributed by atoms with E-state index in [4.69, 9.17) is 15.2 Å². The SMILES string of the molecule is COc1ccc(NC(N)=NCCc2ccc(OCC(C)C)cc2)cc1. The third-order valence-electron chi connectivity index (χ3n) is 3.55. The summed E-state index contributed by atoms with van der Waals surface area (Å²) >= 11 is 0. The Morgan fingerprint density at radius 3 is 2.28 bits per heavy atom. The van der Waals surface area contributed by atoms with E-state index >= 15 is 0 Å². The average Bonchev–Trinajstić information content (AvgIpc) is 2.61. The second kappa shape index (κ2) is 9.57. The van der Waals surface area contributed by atoms with Gasteiger partial charge in [-0.3, -0.25) is 4.99 Å². The molecule has 0 saturated heterocycles. The summed E-state index contributed by atoms with van der Waals surface area (Å²) in [6.45, 7) is 5.63. The highest BCUT2D eigenvalue weighted by Crippen LogP contribution is 2.15. The summed E-state index contributed by atoms with van der Waals surface area (Å²) in [6, 6.07) is 15.7. The first-order chi connectivity index (χ1) is 12.1. The second-order valence-electron chi connectivity index (χ2n) is 6.22. The van der Waals surface area contributed by atoms with Gasteiger partial charge in [0.2, 0.25) is 0 Å². The largest absolute Gasteiger partial charge is 0.497 e. The molecule has 0 radical (unpaired) electrons. The molecule has 2 aromatic rings. The first-order valence-electron chi connectivity index (χ1n) is 8.49. The molecule has 2 aromatic carbocycles. The van der Waals surface area contributed by atoms with Crippen molar-refractivity contribution in [1.82, 2.24) is 0 Å². The lowest BCUT2D eigenvalue weighted by Gasteiger charge is -2.09. The Bertz CT molecular complexity index is 664. The Balaban J connectivity index is 1.78. The van der Waals surface area contributed by atoms with Crippen molar-refractivity contribution in [2.24, 2.45) is 16.6 Å². The van der Waals surface area contributed by atoms with Crippen LogP contribution in [-0.4, -0.2) is 26.2 Å². The monoisotopic (exact) mass is 341 g/mol. The van der Waals surface area contributed by atoms with E-state index in [0.717, 1.165) is 30.2 Å². The number of aliphatic imine (C=N–C) groups is 1. The minimum Gasteiger partial charge on any atom is -0.497 e. The van der Waals surface area contributed by atoms with Crippen LogP contribution in [0.4, 0.5) is 5.69 Å². The fourth-order valence-electron chi connectivity index (χ4n) is 2.18. The topological polar surface area (TPSA) is 68.9 Å². The lowest BCUT2D eigenvalue weighted by molar-refractivity contribution is 0.271. The van der Waals surface area contributed by atoms with Gasteiger partial charge in [-0.2, -0.15) is 0 Å². The summed E-state index contributed by atoms with van der Waals surface area (Å²) < 4.78 is 10.8. The van der Waals surface area contributed by atoms with Crippen molar-refractivity contribution < 1.29 is 9.47 Å². The molecule has 0 atom stereocenters. The number of anilines is 1. The van der Waals surface area contributed by atoms with Gasteiger partial charge in [-0.1, -0.05) is 26.0 Å². The lowest BCUT2D eigenvalue weighted by Crippen LogP contribution is -2.23. The highest BCUT2D eigenvalue weighted by Gasteiger charge is 1.99. The first-order valence-corrected chi connectivity index (χ1v) is 8.49. The number of rotatable bonds is 8. The third kappa shape index (κ3) is 6.75. The zero-order valence-corrected chi connectivity index (χ0v) is 15.2. The molecule has 134 valence electrons. The molecule has 0 aliphatic rings. The highest BCUT2D eigenvalue weighted by atomic mass is 16.5. The number of nitrogens with two attached hydrogens (primary N) is 1. The van der Waals surface area contributed by atoms with Gasteiger partial charge in [-0.25, -0.2) is 0 Å². The zero-order chi connectivity index (χ0) is 18.1. The van der Waals surface area contributed by atoms with E-state index in [1.165, 1.54) is 5.56 Å². The second-order valence-corrected chi connectivity index (χ2v) is 6.22. The molecule has 25 heavy (non-hydrogen) atoms. The maximum absolute atomic E-state index is 5.92. The van der Waals surface area contributed by atoms with Gasteiger partial charge in [0.15, 0.2) is 5.96 Å². The Morgan fingerprint density at radius 1 is 1.04 bits per heavy atom. The van der Waals surface area contributed by atoms with Crippen LogP contribution in [-0.2, 0) is 6.42 Å². The summed E-state index contributed by atoms with van der Waals surface area (Å²) in [4.78, 5) is 4.36. The average molecular weight is 341 g/mol. The van der Waals surface area contributed by atoms with E-state index in [-0.39, 0.29) is 0 Å². The van der Waals surface area contributed by atoms with Crippen molar-refractivity contribution >= 4 is 11.6 Å². The van der Waals surface area contributed by atoms with Crippen molar-refractivity contribution in [2.75, 3.05) is 25.6 Å². The van der Waals surface area contributed by atoms with Crippen LogP contribution in [0.3, 0.4) is 0 Å². The molecule has 0 bridgehead atoms. The van der Waals surface area contributed by atoms with Crippen LogP contribution in [0.2, 0.25) is 0 Å². The van der Waals surface area contributed by atoms with E-state index in [1.807, 2.05) is 36.4 Å². The predicted molar refractivity (Wildman–Crippen MR) is 104 cm³/mol. The van der Waals surface area contributed by atoms with Crippen LogP contribution in [0.25, 0.3) is 0 Å². The molecule has 0 aliphatic carbocycles. The number of guanidine groups is 1. The van der Waals surface area contributed by atoms with Crippen LogP contribution in [0.5, 0.6) is 11.5 Å².